The quantitative estimate of drug-likeness (QED) is 0.655. The predicted octanol–water partition coefficient (Wildman–Crippen LogP) is 3.75. The Morgan fingerprint density at radius 2 is 1.79 bits per heavy atom. The fourth-order valence-electron chi connectivity index (χ4n) is 2.48. The van der Waals surface area contributed by atoms with Gasteiger partial charge in [0.2, 0.25) is 0 Å². The summed E-state index contributed by atoms with van der Waals surface area (Å²) >= 11 is 0. The highest BCUT2D eigenvalue weighted by molar-refractivity contribution is 5.22. The number of aromatic nitrogens is 1. The molecule has 1 fully saturated rings. The lowest BCUT2D eigenvalue weighted by Crippen LogP contribution is -2.07. The molecule has 1 aromatic heterocycles. The van der Waals surface area contributed by atoms with Crippen LogP contribution in [0.5, 0.6) is 0 Å². The summed E-state index contributed by atoms with van der Waals surface area (Å²) in [6.07, 6.45) is 6.88. The Hall–Kier alpha value is -0.850. The van der Waals surface area contributed by atoms with Crippen LogP contribution in [0, 0.1) is 13.8 Å². The summed E-state index contributed by atoms with van der Waals surface area (Å²) in [7, 11) is 0. The molecule has 14 heavy (non-hydrogen) atoms. The molecule has 0 unspecified atom stereocenters. The van der Waals surface area contributed by atoms with E-state index < -0.39 is 0 Å². The van der Waals surface area contributed by atoms with Gasteiger partial charge >= 0.3 is 0 Å². The van der Waals surface area contributed by atoms with E-state index in [0.29, 0.717) is 0 Å². The zero-order valence-electron chi connectivity index (χ0n) is 9.21. The third-order valence-electron chi connectivity index (χ3n) is 3.14. The molecule has 0 aromatic carbocycles. The molecule has 0 atom stereocenters. The minimum atomic E-state index is 0.738. The molecule has 0 saturated heterocycles. The topological polar surface area (TPSA) is 12.9 Å². The van der Waals surface area contributed by atoms with Crippen molar-refractivity contribution in [3.05, 3.63) is 29.1 Å². The average molecular weight is 189 g/mol. The van der Waals surface area contributed by atoms with Crippen LogP contribution in [0.2, 0.25) is 0 Å². The van der Waals surface area contributed by atoms with E-state index in [2.05, 4.69) is 31.0 Å². The molecule has 0 bridgehead atoms. The lowest BCUT2D eigenvalue weighted by atomic mass is 9.86. The van der Waals surface area contributed by atoms with Crippen LogP contribution in [0.4, 0.5) is 0 Å². The van der Waals surface area contributed by atoms with Crippen molar-refractivity contribution >= 4 is 0 Å². The van der Waals surface area contributed by atoms with E-state index in [9.17, 15) is 0 Å². The minimum absolute atomic E-state index is 0.738. The third kappa shape index (κ3) is 2.14. The van der Waals surface area contributed by atoms with Crippen molar-refractivity contribution in [2.45, 2.75) is 51.9 Å². The second kappa shape index (κ2) is 4.12. The molecule has 0 radical (unpaired) electrons. The predicted molar refractivity (Wildman–Crippen MR) is 59.5 cm³/mol. The van der Waals surface area contributed by atoms with Gasteiger partial charge in [-0.05, 0) is 44.4 Å². The third-order valence-corrected chi connectivity index (χ3v) is 3.14. The minimum Gasteiger partial charge on any atom is -0.258 e. The molecular formula is C13H19N. The maximum absolute atomic E-state index is 4.66. The first kappa shape index (κ1) is 9.70. The second-order valence-corrected chi connectivity index (χ2v) is 4.55. The summed E-state index contributed by atoms with van der Waals surface area (Å²) in [5.74, 6) is 0.738. The Morgan fingerprint density at radius 1 is 1.07 bits per heavy atom. The highest BCUT2D eigenvalue weighted by Crippen LogP contribution is 2.31. The Bertz CT molecular complexity index is 291. The van der Waals surface area contributed by atoms with Gasteiger partial charge in [0, 0.05) is 17.3 Å². The van der Waals surface area contributed by atoms with Crippen molar-refractivity contribution in [1.29, 1.82) is 0 Å². The molecule has 1 aromatic rings. The van der Waals surface area contributed by atoms with E-state index in [0.717, 1.165) is 5.92 Å². The van der Waals surface area contributed by atoms with E-state index in [1.54, 1.807) is 0 Å². The van der Waals surface area contributed by atoms with Gasteiger partial charge in [0.25, 0.3) is 0 Å². The zero-order chi connectivity index (χ0) is 9.97. The fraction of sp³-hybridized carbons (Fsp3) is 0.615. The summed E-state index contributed by atoms with van der Waals surface area (Å²) in [5, 5.41) is 0. The first-order valence-electron chi connectivity index (χ1n) is 5.71. The number of hydrogen-bond donors (Lipinski definition) is 0. The molecule has 1 heterocycles. The van der Waals surface area contributed by atoms with Crippen molar-refractivity contribution in [3.8, 4) is 0 Å². The highest BCUT2D eigenvalue weighted by Gasteiger charge is 2.16. The van der Waals surface area contributed by atoms with E-state index >= 15 is 0 Å². The Labute approximate surface area is 86.6 Å². The van der Waals surface area contributed by atoms with Gasteiger partial charge in [-0.1, -0.05) is 19.3 Å². The molecule has 1 nitrogen and oxygen atoms in total. The standard InChI is InChI=1S/C13H19N/c1-10-8-11(2)14-13(9-10)12-6-4-3-5-7-12/h8-9,12H,3-7H2,1-2H3. The Morgan fingerprint density at radius 3 is 2.43 bits per heavy atom. The van der Waals surface area contributed by atoms with Crippen molar-refractivity contribution in [2.75, 3.05) is 0 Å². The monoisotopic (exact) mass is 189 g/mol. The van der Waals surface area contributed by atoms with Crippen LogP contribution >= 0.6 is 0 Å². The van der Waals surface area contributed by atoms with Gasteiger partial charge in [-0.3, -0.25) is 4.98 Å². The van der Waals surface area contributed by atoms with Gasteiger partial charge in [0.1, 0.15) is 0 Å². The number of aryl methyl sites for hydroxylation is 2. The van der Waals surface area contributed by atoms with Crippen molar-refractivity contribution < 1.29 is 0 Å². The number of pyridine rings is 1. The summed E-state index contributed by atoms with van der Waals surface area (Å²) in [4.78, 5) is 4.66. The summed E-state index contributed by atoms with van der Waals surface area (Å²) < 4.78 is 0. The van der Waals surface area contributed by atoms with Gasteiger partial charge < -0.3 is 0 Å². The first-order valence-corrected chi connectivity index (χ1v) is 5.71. The van der Waals surface area contributed by atoms with Gasteiger partial charge in [0.05, 0.1) is 0 Å². The molecule has 1 aliphatic carbocycles. The molecule has 0 aliphatic heterocycles. The van der Waals surface area contributed by atoms with Crippen molar-refractivity contribution in [1.82, 2.24) is 4.98 Å². The molecule has 1 saturated carbocycles. The van der Waals surface area contributed by atoms with Crippen LogP contribution in [0.1, 0.15) is 55.0 Å². The zero-order valence-corrected chi connectivity index (χ0v) is 9.21. The van der Waals surface area contributed by atoms with Crippen LogP contribution in [-0.4, -0.2) is 4.98 Å². The number of hydrogen-bond acceptors (Lipinski definition) is 1. The van der Waals surface area contributed by atoms with Gasteiger partial charge in [-0.2, -0.15) is 0 Å². The lowest BCUT2D eigenvalue weighted by Gasteiger charge is -2.21. The van der Waals surface area contributed by atoms with E-state index in [1.807, 2.05) is 0 Å². The van der Waals surface area contributed by atoms with Crippen LogP contribution in [0.15, 0.2) is 12.1 Å². The maximum atomic E-state index is 4.66. The molecular weight excluding hydrogens is 170 g/mol. The van der Waals surface area contributed by atoms with Gasteiger partial charge in [-0.25, -0.2) is 0 Å². The largest absolute Gasteiger partial charge is 0.258 e. The molecule has 1 aliphatic rings. The molecule has 2 rings (SSSR count). The van der Waals surface area contributed by atoms with E-state index in [4.69, 9.17) is 0 Å². The average Bonchev–Trinajstić information content (AvgIpc) is 2.18. The van der Waals surface area contributed by atoms with Crippen LogP contribution in [0.3, 0.4) is 0 Å². The van der Waals surface area contributed by atoms with Crippen molar-refractivity contribution in [3.63, 3.8) is 0 Å². The van der Waals surface area contributed by atoms with Gasteiger partial charge in [0.15, 0.2) is 0 Å². The molecule has 1 heteroatoms. The summed E-state index contributed by atoms with van der Waals surface area (Å²) in [6.45, 7) is 4.26. The number of rotatable bonds is 1. The fourth-order valence-corrected chi connectivity index (χ4v) is 2.48. The molecule has 76 valence electrons. The normalized spacial score (nSPS) is 18.4. The SMILES string of the molecule is Cc1cc(C)nc(C2CCCCC2)c1. The van der Waals surface area contributed by atoms with Crippen LogP contribution in [0.25, 0.3) is 0 Å². The molecule has 0 spiro atoms. The number of nitrogens with zero attached hydrogens (tertiary/aromatic N) is 1. The Balaban J connectivity index is 2.21. The summed E-state index contributed by atoms with van der Waals surface area (Å²) in [5.41, 5.74) is 3.87. The van der Waals surface area contributed by atoms with Crippen molar-refractivity contribution in [2.24, 2.45) is 0 Å². The van der Waals surface area contributed by atoms with E-state index in [1.165, 1.54) is 49.1 Å². The van der Waals surface area contributed by atoms with Crippen LogP contribution in [-0.2, 0) is 0 Å². The highest BCUT2D eigenvalue weighted by atomic mass is 14.7. The second-order valence-electron chi connectivity index (χ2n) is 4.55. The lowest BCUT2D eigenvalue weighted by molar-refractivity contribution is 0.436. The Kier molecular flexibility index (Phi) is 2.85. The molecule has 0 amide bonds. The van der Waals surface area contributed by atoms with Crippen LogP contribution < -0.4 is 0 Å². The van der Waals surface area contributed by atoms with Gasteiger partial charge in [-0.15, -0.1) is 0 Å². The van der Waals surface area contributed by atoms with E-state index in [-0.39, 0.29) is 0 Å². The smallest absolute Gasteiger partial charge is 0.0440 e. The first-order chi connectivity index (χ1) is 6.75. The summed E-state index contributed by atoms with van der Waals surface area (Å²) in [6, 6.07) is 4.43. The molecule has 0 N–H and O–H groups in total. The maximum Gasteiger partial charge on any atom is 0.0440 e.